The third-order valence-corrected chi connectivity index (χ3v) is 0.813. The van der Waals surface area contributed by atoms with Gasteiger partial charge < -0.3 is 9.84 Å². The Balaban J connectivity index is 0. The predicted molar refractivity (Wildman–Crippen MR) is 53.4 cm³/mol. The van der Waals surface area contributed by atoms with E-state index in [9.17, 15) is 0 Å². The van der Waals surface area contributed by atoms with E-state index in [1.54, 1.807) is 0 Å². The lowest BCUT2D eigenvalue weighted by atomic mass is 10.2. The summed E-state index contributed by atoms with van der Waals surface area (Å²) in [6.45, 7) is 12.5. The Bertz CT molecular complexity index is 80.3. The van der Waals surface area contributed by atoms with Crippen molar-refractivity contribution in [2.75, 3.05) is 6.61 Å². The molecule has 0 heterocycles. The summed E-state index contributed by atoms with van der Waals surface area (Å²) >= 11 is 0. The van der Waals surface area contributed by atoms with Crippen molar-refractivity contribution in [3.8, 4) is 0 Å². The first-order valence-electron chi connectivity index (χ1n) is 4.62. The van der Waals surface area contributed by atoms with Crippen molar-refractivity contribution in [1.29, 1.82) is 0 Å². The molecule has 0 aliphatic rings. The molecular formula is C10H24O2. The summed E-state index contributed by atoms with van der Waals surface area (Å²) in [5.74, 6) is 0. The molecular weight excluding hydrogens is 152 g/mol. The Morgan fingerprint density at radius 3 is 1.58 bits per heavy atom. The number of aliphatic hydroxyl groups excluding tert-OH is 1. The quantitative estimate of drug-likeness (QED) is 0.700. The molecule has 0 radical (unpaired) electrons. The topological polar surface area (TPSA) is 29.5 Å². The Morgan fingerprint density at radius 1 is 1.25 bits per heavy atom. The van der Waals surface area contributed by atoms with Gasteiger partial charge in [-0.15, -0.1) is 0 Å². The zero-order valence-corrected chi connectivity index (χ0v) is 9.35. The average Bonchev–Trinajstić information content (AvgIpc) is 1.83. The van der Waals surface area contributed by atoms with Crippen molar-refractivity contribution in [2.24, 2.45) is 0 Å². The zero-order chi connectivity index (χ0) is 10.2. The molecule has 76 valence electrons. The van der Waals surface area contributed by atoms with Gasteiger partial charge in [-0.05, 0) is 41.0 Å². The predicted octanol–water partition coefficient (Wildman–Crippen LogP) is 2.60. The summed E-state index contributed by atoms with van der Waals surface area (Å²) in [6.07, 6.45) is 1.22. The van der Waals surface area contributed by atoms with Crippen LogP contribution in [-0.2, 0) is 4.74 Å². The Morgan fingerprint density at radius 2 is 1.58 bits per heavy atom. The van der Waals surface area contributed by atoms with E-state index in [1.807, 2.05) is 20.8 Å². The standard InChI is InChI=1S/C7H16O.C3H8O/c1-6(2)8-7(3,4)5;1-2-3-4/h6H,1-5H3;4H,2-3H2,1H3. The van der Waals surface area contributed by atoms with E-state index in [0.717, 1.165) is 6.42 Å². The number of rotatable bonds is 2. The second-order valence-electron chi connectivity index (χ2n) is 4.00. The maximum atomic E-state index is 7.88. The Kier molecular flexibility index (Phi) is 9.10. The van der Waals surface area contributed by atoms with Crippen LogP contribution >= 0.6 is 0 Å². The first-order chi connectivity index (χ1) is 5.33. The second kappa shape index (κ2) is 7.56. The molecule has 1 N–H and O–H groups in total. The van der Waals surface area contributed by atoms with Crippen molar-refractivity contribution < 1.29 is 9.84 Å². The molecule has 2 heteroatoms. The van der Waals surface area contributed by atoms with Gasteiger partial charge in [-0.25, -0.2) is 0 Å². The van der Waals surface area contributed by atoms with E-state index < -0.39 is 0 Å². The van der Waals surface area contributed by atoms with Crippen LogP contribution in [0, 0.1) is 0 Å². The zero-order valence-electron chi connectivity index (χ0n) is 9.35. The highest BCUT2D eigenvalue weighted by molar-refractivity contribution is 4.59. The van der Waals surface area contributed by atoms with Gasteiger partial charge in [-0.2, -0.15) is 0 Å². The van der Waals surface area contributed by atoms with Crippen molar-refractivity contribution in [1.82, 2.24) is 0 Å². The molecule has 2 nitrogen and oxygen atoms in total. The van der Waals surface area contributed by atoms with Crippen molar-refractivity contribution in [2.45, 2.75) is 59.7 Å². The molecule has 0 spiro atoms. The molecule has 0 fully saturated rings. The highest BCUT2D eigenvalue weighted by atomic mass is 16.5. The highest BCUT2D eigenvalue weighted by Crippen LogP contribution is 2.09. The third-order valence-electron chi connectivity index (χ3n) is 0.813. The normalized spacial score (nSPS) is 11.0. The lowest BCUT2D eigenvalue weighted by Gasteiger charge is -2.22. The molecule has 0 saturated heterocycles. The van der Waals surface area contributed by atoms with Crippen LogP contribution in [0.15, 0.2) is 0 Å². The van der Waals surface area contributed by atoms with Crippen molar-refractivity contribution >= 4 is 0 Å². The van der Waals surface area contributed by atoms with Crippen LogP contribution in [0.2, 0.25) is 0 Å². The Hall–Kier alpha value is -0.0800. The van der Waals surface area contributed by atoms with Crippen LogP contribution in [-0.4, -0.2) is 23.4 Å². The molecule has 0 atom stereocenters. The van der Waals surface area contributed by atoms with Gasteiger partial charge >= 0.3 is 0 Å². The van der Waals surface area contributed by atoms with Crippen LogP contribution < -0.4 is 0 Å². The third kappa shape index (κ3) is 22.5. The first kappa shape index (κ1) is 14.4. The van der Waals surface area contributed by atoms with E-state index in [1.165, 1.54) is 0 Å². The van der Waals surface area contributed by atoms with Crippen LogP contribution in [0.5, 0.6) is 0 Å². The van der Waals surface area contributed by atoms with Gasteiger partial charge in [0.15, 0.2) is 0 Å². The fraction of sp³-hybridized carbons (Fsp3) is 1.00. The minimum absolute atomic E-state index is 0.0220. The minimum atomic E-state index is 0.0220. The maximum absolute atomic E-state index is 7.88. The van der Waals surface area contributed by atoms with Gasteiger partial charge in [0.25, 0.3) is 0 Å². The van der Waals surface area contributed by atoms with Gasteiger partial charge in [-0.3, -0.25) is 0 Å². The maximum Gasteiger partial charge on any atom is 0.0601 e. The fourth-order valence-electron chi connectivity index (χ4n) is 0.707. The molecule has 0 aromatic carbocycles. The second-order valence-corrected chi connectivity index (χ2v) is 4.00. The molecule has 0 unspecified atom stereocenters. The first-order valence-corrected chi connectivity index (χ1v) is 4.62. The van der Waals surface area contributed by atoms with E-state index in [4.69, 9.17) is 9.84 Å². The van der Waals surface area contributed by atoms with Gasteiger partial charge in [0, 0.05) is 6.61 Å². The summed E-state index contributed by atoms with van der Waals surface area (Å²) in [6, 6.07) is 0. The monoisotopic (exact) mass is 176 g/mol. The molecule has 0 rings (SSSR count). The molecule has 0 amide bonds. The van der Waals surface area contributed by atoms with Crippen LogP contribution in [0.4, 0.5) is 0 Å². The van der Waals surface area contributed by atoms with Gasteiger partial charge in [-0.1, -0.05) is 6.92 Å². The van der Waals surface area contributed by atoms with Crippen LogP contribution in [0.1, 0.15) is 48.0 Å². The van der Waals surface area contributed by atoms with Gasteiger partial charge in [0.05, 0.1) is 11.7 Å². The van der Waals surface area contributed by atoms with Crippen LogP contribution in [0.25, 0.3) is 0 Å². The van der Waals surface area contributed by atoms with E-state index in [-0.39, 0.29) is 5.60 Å². The van der Waals surface area contributed by atoms with E-state index in [2.05, 4.69) is 20.8 Å². The largest absolute Gasteiger partial charge is 0.396 e. The molecule has 12 heavy (non-hydrogen) atoms. The number of hydrogen-bond donors (Lipinski definition) is 1. The molecule has 0 aromatic rings. The lowest BCUT2D eigenvalue weighted by Crippen LogP contribution is -2.23. The molecule has 0 aliphatic heterocycles. The Labute approximate surface area is 76.9 Å². The summed E-state index contributed by atoms with van der Waals surface area (Å²) < 4.78 is 5.44. The smallest absolute Gasteiger partial charge is 0.0601 e. The molecule has 0 aromatic heterocycles. The molecule has 0 saturated carbocycles. The molecule has 0 bridgehead atoms. The number of aliphatic hydroxyl groups is 1. The number of hydrogen-bond acceptors (Lipinski definition) is 2. The SMILES string of the molecule is CC(C)OC(C)(C)C.CCCO. The van der Waals surface area contributed by atoms with E-state index in [0.29, 0.717) is 12.7 Å². The summed E-state index contributed by atoms with van der Waals surface area (Å²) in [5.41, 5.74) is 0.0220. The van der Waals surface area contributed by atoms with E-state index >= 15 is 0 Å². The highest BCUT2D eigenvalue weighted by Gasteiger charge is 2.10. The molecule has 0 aliphatic carbocycles. The summed E-state index contributed by atoms with van der Waals surface area (Å²) in [7, 11) is 0. The fourth-order valence-corrected chi connectivity index (χ4v) is 0.707. The lowest BCUT2D eigenvalue weighted by molar-refractivity contribution is -0.0424. The number of ether oxygens (including phenoxy) is 1. The summed E-state index contributed by atoms with van der Waals surface area (Å²) in [5, 5.41) is 7.88. The van der Waals surface area contributed by atoms with Crippen molar-refractivity contribution in [3.63, 3.8) is 0 Å². The minimum Gasteiger partial charge on any atom is -0.396 e. The van der Waals surface area contributed by atoms with Gasteiger partial charge in [0.1, 0.15) is 0 Å². The van der Waals surface area contributed by atoms with Gasteiger partial charge in [0.2, 0.25) is 0 Å². The van der Waals surface area contributed by atoms with Crippen LogP contribution in [0.3, 0.4) is 0 Å². The average molecular weight is 176 g/mol. The van der Waals surface area contributed by atoms with Crippen molar-refractivity contribution in [3.05, 3.63) is 0 Å². The summed E-state index contributed by atoms with van der Waals surface area (Å²) in [4.78, 5) is 0.